The summed E-state index contributed by atoms with van der Waals surface area (Å²) in [4.78, 5) is 29.3. The maximum absolute atomic E-state index is 15.0. The molecule has 0 aliphatic carbocycles. The summed E-state index contributed by atoms with van der Waals surface area (Å²) in [5.74, 6) is -1.28. The van der Waals surface area contributed by atoms with Crippen molar-refractivity contribution in [2.24, 2.45) is 0 Å². The SMILES string of the molecule is COC(=O)Nc1ccc(-c2cc(C(Cc3nc(C)cs3)NC(=O)/C=C/c3c(-n4cnnn4)ccc(Cl)c3F)nnc2Cl)cc1. The second-order valence-corrected chi connectivity index (χ2v) is 10.9. The number of halogens is 3. The number of aromatic nitrogens is 7. The van der Waals surface area contributed by atoms with Crippen molar-refractivity contribution < 1.29 is 18.7 Å². The molecule has 12 nitrogen and oxygen atoms in total. The van der Waals surface area contributed by atoms with Gasteiger partial charge in [0.15, 0.2) is 11.0 Å². The largest absolute Gasteiger partial charge is 0.453 e. The third-order valence-electron chi connectivity index (χ3n) is 6.22. The summed E-state index contributed by atoms with van der Waals surface area (Å²) in [6, 6.07) is 10.8. The second kappa shape index (κ2) is 13.7. The Bertz CT molecular complexity index is 1830. The van der Waals surface area contributed by atoms with E-state index in [0.29, 0.717) is 28.9 Å². The molecule has 2 aromatic carbocycles. The number of methoxy groups -OCH3 is 1. The van der Waals surface area contributed by atoms with Crippen LogP contribution in [0.2, 0.25) is 10.2 Å². The third kappa shape index (κ3) is 7.22. The predicted octanol–water partition coefficient (Wildman–Crippen LogP) is 5.62. The molecule has 3 aromatic heterocycles. The number of anilines is 1. The molecule has 44 heavy (non-hydrogen) atoms. The van der Waals surface area contributed by atoms with E-state index >= 15 is 4.39 Å². The molecule has 2 N–H and O–H groups in total. The molecule has 0 aliphatic rings. The normalized spacial score (nSPS) is 11.8. The molecule has 0 bridgehead atoms. The molecule has 0 radical (unpaired) electrons. The summed E-state index contributed by atoms with van der Waals surface area (Å²) in [6.45, 7) is 1.87. The molecule has 0 saturated heterocycles. The number of nitrogens with one attached hydrogen (secondary N) is 2. The number of ether oxygens (including phenoxy) is 1. The van der Waals surface area contributed by atoms with Crippen molar-refractivity contribution in [1.82, 2.24) is 40.7 Å². The van der Waals surface area contributed by atoms with E-state index in [2.05, 4.69) is 46.1 Å². The van der Waals surface area contributed by atoms with Gasteiger partial charge in [-0.05, 0) is 59.3 Å². The van der Waals surface area contributed by atoms with Gasteiger partial charge in [-0.3, -0.25) is 10.1 Å². The number of nitrogens with zero attached hydrogens (tertiary/aromatic N) is 7. The summed E-state index contributed by atoms with van der Waals surface area (Å²) < 4.78 is 20.9. The van der Waals surface area contributed by atoms with Crippen LogP contribution < -0.4 is 10.6 Å². The number of hydrogen-bond donors (Lipinski definition) is 2. The van der Waals surface area contributed by atoms with Crippen molar-refractivity contribution in [3.05, 3.63) is 98.2 Å². The molecule has 0 spiro atoms. The lowest BCUT2D eigenvalue weighted by molar-refractivity contribution is -0.117. The van der Waals surface area contributed by atoms with Crippen LogP contribution in [0.1, 0.15) is 28.0 Å². The average Bonchev–Trinajstić information content (AvgIpc) is 3.70. The van der Waals surface area contributed by atoms with Crippen molar-refractivity contribution in [3.8, 4) is 16.8 Å². The first-order valence-electron chi connectivity index (χ1n) is 12.8. The van der Waals surface area contributed by atoms with Crippen molar-refractivity contribution in [2.45, 2.75) is 19.4 Å². The van der Waals surface area contributed by atoms with E-state index in [4.69, 9.17) is 23.2 Å². The molecule has 16 heteroatoms. The Balaban J connectivity index is 1.44. The molecule has 2 amide bonds. The molecule has 1 atom stereocenters. The van der Waals surface area contributed by atoms with Gasteiger partial charge >= 0.3 is 6.09 Å². The standard InChI is InChI=1S/C28H22Cl2FN9O3S/c1-15-13-44-25(33-15)12-21(22-11-19(27(30)37-36-22)16-3-5-17(6-4-16)34-28(42)43-2)35-24(41)10-7-18-23(40-14-32-38-39-40)9-8-20(29)26(18)31/h3-11,13-14,21H,12H2,1-2H3,(H,34,42)(H,35,41)/b10-7+. The minimum atomic E-state index is -0.737. The Kier molecular flexibility index (Phi) is 9.53. The molecule has 224 valence electrons. The van der Waals surface area contributed by atoms with Gasteiger partial charge in [-0.15, -0.1) is 21.5 Å². The molecule has 5 aromatic rings. The first-order valence-corrected chi connectivity index (χ1v) is 14.4. The minimum Gasteiger partial charge on any atom is -0.453 e. The zero-order chi connectivity index (χ0) is 31.2. The van der Waals surface area contributed by atoms with Crippen LogP contribution in [0.15, 0.2) is 60.2 Å². The minimum absolute atomic E-state index is 0.0192. The van der Waals surface area contributed by atoms with E-state index in [0.717, 1.165) is 10.7 Å². The van der Waals surface area contributed by atoms with E-state index in [-0.39, 0.29) is 21.4 Å². The van der Waals surface area contributed by atoms with Gasteiger partial charge in [0.2, 0.25) is 5.91 Å². The van der Waals surface area contributed by atoms with E-state index in [1.54, 1.807) is 30.3 Å². The highest BCUT2D eigenvalue weighted by Gasteiger charge is 2.21. The summed E-state index contributed by atoms with van der Waals surface area (Å²) in [6.07, 6.45) is 3.48. The van der Waals surface area contributed by atoms with Gasteiger partial charge in [0, 0.05) is 40.4 Å². The van der Waals surface area contributed by atoms with Crippen LogP contribution in [0.5, 0.6) is 0 Å². The van der Waals surface area contributed by atoms with Crippen LogP contribution in [-0.4, -0.2) is 54.5 Å². The van der Waals surface area contributed by atoms with Crippen LogP contribution in [-0.2, 0) is 16.0 Å². The van der Waals surface area contributed by atoms with Gasteiger partial charge in [-0.1, -0.05) is 35.3 Å². The predicted molar refractivity (Wildman–Crippen MR) is 163 cm³/mol. The number of thiazole rings is 1. The van der Waals surface area contributed by atoms with E-state index in [1.165, 1.54) is 53.7 Å². The number of carbonyl (C=O) groups is 2. The smallest absolute Gasteiger partial charge is 0.411 e. The van der Waals surface area contributed by atoms with Crippen LogP contribution in [0.4, 0.5) is 14.9 Å². The lowest BCUT2D eigenvalue weighted by Crippen LogP contribution is -2.29. The fourth-order valence-corrected chi connectivity index (χ4v) is 5.32. The van der Waals surface area contributed by atoms with Crippen LogP contribution >= 0.6 is 34.5 Å². The van der Waals surface area contributed by atoms with Gasteiger partial charge in [-0.2, -0.15) is 9.78 Å². The van der Waals surface area contributed by atoms with Gasteiger partial charge in [0.05, 0.1) is 34.6 Å². The number of carbonyl (C=O) groups excluding carboxylic acids is 2. The molecule has 0 fully saturated rings. The summed E-state index contributed by atoms with van der Waals surface area (Å²) in [5, 5.41) is 27.5. The fourth-order valence-electron chi connectivity index (χ4n) is 4.13. The zero-order valence-electron chi connectivity index (χ0n) is 23.0. The molecule has 5 rings (SSSR count). The van der Waals surface area contributed by atoms with Crippen molar-refractivity contribution in [1.29, 1.82) is 0 Å². The number of aryl methyl sites for hydroxylation is 1. The number of benzene rings is 2. The van der Waals surface area contributed by atoms with Crippen LogP contribution in [0, 0.1) is 12.7 Å². The number of hydrogen-bond acceptors (Lipinski definition) is 10. The van der Waals surface area contributed by atoms with Crippen molar-refractivity contribution >= 4 is 58.3 Å². The lowest BCUT2D eigenvalue weighted by Gasteiger charge is -2.17. The van der Waals surface area contributed by atoms with Gasteiger partial charge in [0.1, 0.15) is 6.33 Å². The van der Waals surface area contributed by atoms with Crippen molar-refractivity contribution in [3.63, 3.8) is 0 Å². The third-order valence-corrected chi connectivity index (χ3v) is 7.78. The Morgan fingerprint density at radius 3 is 2.64 bits per heavy atom. The van der Waals surface area contributed by atoms with Gasteiger partial charge < -0.3 is 10.1 Å². The first-order chi connectivity index (χ1) is 21.2. The Hall–Kier alpha value is -4.79. The highest BCUT2D eigenvalue weighted by atomic mass is 35.5. The summed E-state index contributed by atoms with van der Waals surface area (Å²) >= 11 is 13.9. The van der Waals surface area contributed by atoms with Crippen LogP contribution in [0.3, 0.4) is 0 Å². The highest BCUT2D eigenvalue weighted by Crippen LogP contribution is 2.30. The molecular formula is C28H22Cl2FN9O3S. The monoisotopic (exact) mass is 653 g/mol. The molecular weight excluding hydrogens is 632 g/mol. The number of amides is 2. The van der Waals surface area contributed by atoms with Crippen molar-refractivity contribution in [2.75, 3.05) is 12.4 Å². The second-order valence-electron chi connectivity index (χ2n) is 9.20. The maximum atomic E-state index is 15.0. The quantitative estimate of drug-likeness (QED) is 0.193. The number of rotatable bonds is 9. The molecule has 0 aliphatic heterocycles. The highest BCUT2D eigenvalue weighted by molar-refractivity contribution is 7.09. The summed E-state index contributed by atoms with van der Waals surface area (Å²) in [5.41, 5.74) is 3.34. The molecule has 1 unspecified atom stereocenters. The number of tetrazole rings is 1. The van der Waals surface area contributed by atoms with Crippen LogP contribution in [0.25, 0.3) is 22.9 Å². The van der Waals surface area contributed by atoms with E-state index in [9.17, 15) is 9.59 Å². The lowest BCUT2D eigenvalue weighted by atomic mass is 10.0. The molecule has 0 saturated carbocycles. The topological polar surface area (TPSA) is 150 Å². The average molecular weight is 655 g/mol. The van der Waals surface area contributed by atoms with Gasteiger partial charge in [0.25, 0.3) is 0 Å². The summed E-state index contributed by atoms with van der Waals surface area (Å²) in [7, 11) is 1.27. The Morgan fingerprint density at radius 2 is 1.95 bits per heavy atom. The zero-order valence-corrected chi connectivity index (χ0v) is 25.4. The van der Waals surface area contributed by atoms with E-state index in [1.807, 2.05) is 12.3 Å². The Morgan fingerprint density at radius 1 is 1.16 bits per heavy atom. The fraction of sp³-hybridized carbons (Fsp3) is 0.143. The van der Waals surface area contributed by atoms with Gasteiger partial charge in [-0.25, -0.2) is 14.2 Å². The first kappa shape index (κ1) is 30.7. The van der Waals surface area contributed by atoms with E-state index < -0.39 is 23.9 Å². The Labute approximate surface area is 263 Å². The maximum Gasteiger partial charge on any atom is 0.411 e. The molecule has 3 heterocycles.